The minimum Gasteiger partial charge on any atom is -0.327 e. The first-order valence-corrected chi connectivity index (χ1v) is 5.16. The molecule has 0 bridgehead atoms. The van der Waals surface area contributed by atoms with Gasteiger partial charge in [-0.2, -0.15) is 0 Å². The summed E-state index contributed by atoms with van der Waals surface area (Å²) in [6, 6.07) is 6.74. The molecule has 0 heterocycles. The highest BCUT2D eigenvalue weighted by Crippen LogP contribution is 2.10. The van der Waals surface area contributed by atoms with Gasteiger partial charge in [-0.25, -0.2) is 4.39 Å². The van der Waals surface area contributed by atoms with Crippen LogP contribution in [0.2, 0.25) is 0 Å². The lowest BCUT2D eigenvalue weighted by atomic mass is 10.0. The number of hydrogen-bond donors (Lipinski definition) is 1. The Morgan fingerprint density at radius 2 is 2.13 bits per heavy atom. The van der Waals surface area contributed by atoms with Gasteiger partial charge in [0.25, 0.3) is 0 Å². The van der Waals surface area contributed by atoms with Crippen molar-refractivity contribution in [3.8, 4) is 12.3 Å². The van der Waals surface area contributed by atoms with Gasteiger partial charge >= 0.3 is 0 Å². The van der Waals surface area contributed by atoms with Gasteiger partial charge in [0, 0.05) is 12.5 Å². The molecule has 0 fully saturated rings. The molecule has 0 aliphatic heterocycles. The standard InChI is InChI=1S/C13H16FN/c1-2-3-4-8-12(15)10-11-7-5-6-9-13(11)14/h1,5-7,9,12H,3-4,8,10,15H2. The van der Waals surface area contributed by atoms with Gasteiger partial charge in [-0.3, -0.25) is 0 Å². The molecule has 0 spiro atoms. The molecule has 1 aromatic carbocycles. The zero-order valence-corrected chi connectivity index (χ0v) is 8.75. The summed E-state index contributed by atoms with van der Waals surface area (Å²) in [6.45, 7) is 0. The number of rotatable bonds is 5. The molecule has 0 aromatic heterocycles. The van der Waals surface area contributed by atoms with Gasteiger partial charge in [0.2, 0.25) is 0 Å². The third-order valence-corrected chi connectivity index (χ3v) is 2.34. The average molecular weight is 205 g/mol. The lowest BCUT2D eigenvalue weighted by Crippen LogP contribution is -2.23. The molecule has 0 aliphatic carbocycles. The normalized spacial score (nSPS) is 12.1. The van der Waals surface area contributed by atoms with Gasteiger partial charge < -0.3 is 5.73 Å². The van der Waals surface area contributed by atoms with Crippen LogP contribution in [0.1, 0.15) is 24.8 Å². The SMILES string of the molecule is C#CCCCC(N)Cc1ccccc1F. The Kier molecular flexibility index (Phi) is 4.86. The Morgan fingerprint density at radius 3 is 2.80 bits per heavy atom. The lowest BCUT2D eigenvalue weighted by molar-refractivity contribution is 0.555. The predicted molar refractivity (Wildman–Crippen MR) is 60.8 cm³/mol. The Labute approximate surface area is 90.5 Å². The lowest BCUT2D eigenvalue weighted by Gasteiger charge is -2.11. The molecule has 80 valence electrons. The van der Waals surface area contributed by atoms with E-state index in [1.807, 2.05) is 6.07 Å². The zero-order chi connectivity index (χ0) is 11.1. The summed E-state index contributed by atoms with van der Waals surface area (Å²) in [4.78, 5) is 0. The van der Waals surface area contributed by atoms with E-state index < -0.39 is 0 Å². The van der Waals surface area contributed by atoms with Crippen molar-refractivity contribution in [2.75, 3.05) is 0 Å². The van der Waals surface area contributed by atoms with E-state index in [0.29, 0.717) is 12.0 Å². The highest BCUT2D eigenvalue weighted by atomic mass is 19.1. The first-order valence-electron chi connectivity index (χ1n) is 5.16. The van der Waals surface area contributed by atoms with Crippen LogP contribution in [0.4, 0.5) is 4.39 Å². The molecule has 0 saturated heterocycles. The number of halogens is 1. The Balaban J connectivity index is 2.41. The number of terminal acetylenes is 1. The predicted octanol–water partition coefficient (Wildman–Crippen LogP) is 2.50. The number of hydrogen-bond acceptors (Lipinski definition) is 1. The molecule has 1 nitrogen and oxygen atoms in total. The van der Waals surface area contributed by atoms with Gasteiger partial charge in [0.05, 0.1) is 0 Å². The topological polar surface area (TPSA) is 26.0 Å². The Hall–Kier alpha value is -1.33. The van der Waals surface area contributed by atoms with Crippen molar-refractivity contribution in [1.82, 2.24) is 0 Å². The molecule has 2 N–H and O–H groups in total. The summed E-state index contributed by atoms with van der Waals surface area (Å²) in [5.41, 5.74) is 6.57. The monoisotopic (exact) mass is 205 g/mol. The molecule has 0 saturated carbocycles. The van der Waals surface area contributed by atoms with Crippen LogP contribution in [0.25, 0.3) is 0 Å². The maximum atomic E-state index is 13.3. The second-order valence-electron chi connectivity index (χ2n) is 3.65. The first kappa shape index (κ1) is 11.7. The Morgan fingerprint density at radius 1 is 1.40 bits per heavy atom. The van der Waals surface area contributed by atoms with Crippen molar-refractivity contribution >= 4 is 0 Å². The van der Waals surface area contributed by atoms with Gasteiger partial charge in [-0.05, 0) is 30.9 Å². The van der Waals surface area contributed by atoms with E-state index in [9.17, 15) is 4.39 Å². The summed E-state index contributed by atoms with van der Waals surface area (Å²) >= 11 is 0. The third-order valence-electron chi connectivity index (χ3n) is 2.34. The van der Waals surface area contributed by atoms with Crippen LogP contribution in [-0.4, -0.2) is 6.04 Å². The fourth-order valence-corrected chi connectivity index (χ4v) is 1.51. The van der Waals surface area contributed by atoms with Gasteiger partial charge in [-0.1, -0.05) is 18.2 Å². The summed E-state index contributed by atoms with van der Waals surface area (Å²) in [5.74, 6) is 2.39. The first-order chi connectivity index (χ1) is 7.24. The molecule has 0 aliphatic rings. The van der Waals surface area contributed by atoms with Crippen molar-refractivity contribution in [1.29, 1.82) is 0 Å². The van der Waals surface area contributed by atoms with E-state index in [-0.39, 0.29) is 11.9 Å². The van der Waals surface area contributed by atoms with Gasteiger partial charge in [0.15, 0.2) is 0 Å². The molecule has 0 amide bonds. The zero-order valence-electron chi connectivity index (χ0n) is 8.75. The summed E-state index contributed by atoms with van der Waals surface area (Å²) in [7, 11) is 0. The van der Waals surface area contributed by atoms with E-state index in [2.05, 4.69) is 5.92 Å². The van der Waals surface area contributed by atoms with E-state index in [4.69, 9.17) is 12.2 Å². The molecule has 1 unspecified atom stereocenters. The summed E-state index contributed by atoms with van der Waals surface area (Å²) < 4.78 is 13.3. The molecule has 15 heavy (non-hydrogen) atoms. The number of nitrogens with two attached hydrogens (primary N) is 1. The van der Waals surface area contributed by atoms with Crippen molar-refractivity contribution < 1.29 is 4.39 Å². The van der Waals surface area contributed by atoms with Crippen LogP contribution in [0.3, 0.4) is 0 Å². The van der Waals surface area contributed by atoms with Crippen LogP contribution in [0.15, 0.2) is 24.3 Å². The van der Waals surface area contributed by atoms with Crippen LogP contribution >= 0.6 is 0 Å². The van der Waals surface area contributed by atoms with Crippen LogP contribution in [-0.2, 0) is 6.42 Å². The number of unbranched alkanes of at least 4 members (excludes halogenated alkanes) is 1. The minimum atomic E-state index is -0.176. The van der Waals surface area contributed by atoms with Crippen LogP contribution < -0.4 is 5.73 Å². The van der Waals surface area contributed by atoms with Crippen molar-refractivity contribution in [3.05, 3.63) is 35.6 Å². The van der Waals surface area contributed by atoms with E-state index in [0.717, 1.165) is 19.3 Å². The van der Waals surface area contributed by atoms with E-state index >= 15 is 0 Å². The largest absolute Gasteiger partial charge is 0.327 e. The van der Waals surface area contributed by atoms with Crippen molar-refractivity contribution in [2.24, 2.45) is 5.73 Å². The average Bonchev–Trinajstić information content (AvgIpc) is 2.22. The minimum absolute atomic E-state index is 0.00440. The van der Waals surface area contributed by atoms with Gasteiger partial charge in [0.1, 0.15) is 5.82 Å². The van der Waals surface area contributed by atoms with Gasteiger partial charge in [-0.15, -0.1) is 12.3 Å². The maximum absolute atomic E-state index is 13.3. The maximum Gasteiger partial charge on any atom is 0.126 e. The van der Waals surface area contributed by atoms with Crippen LogP contribution in [0, 0.1) is 18.2 Å². The highest BCUT2D eigenvalue weighted by Gasteiger charge is 2.06. The molecule has 1 atom stereocenters. The molecule has 2 heteroatoms. The smallest absolute Gasteiger partial charge is 0.126 e. The fraction of sp³-hybridized carbons (Fsp3) is 0.385. The van der Waals surface area contributed by atoms with Crippen molar-refractivity contribution in [3.63, 3.8) is 0 Å². The highest BCUT2D eigenvalue weighted by molar-refractivity contribution is 5.18. The molecule has 0 radical (unpaired) electrons. The molecule has 1 aromatic rings. The molecule has 1 rings (SSSR count). The number of benzene rings is 1. The van der Waals surface area contributed by atoms with E-state index in [1.165, 1.54) is 6.07 Å². The second kappa shape index (κ2) is 6.21. The third kappa shape index (κ3) is 4.14. The fourth-order valence-electron chi connectivity index (χ4n) is 1.51. The quantitative estimate of drug-likeness (QED) is 0.580. The molecular formula is C13H16FN. The van der Waals surface area contributed by atoms with E-state index in [1.54, 1.807) is 12.1 Å². The van der Waals surface area contributed by atoms with Crippen molar-refractivity contribution in [2.45, 2.75) is 31.7 Å². The summed E-state index contributed by atoms with van der Waals surface area (Å²) in [6.07, 6.45) is 8.22. The van der Waals surface area contributed by atoms with Crippen LogP contribution in [0.5, 0.6) is 0 Å². The second-order valence-corrected chi connectivity index (χ2v) is 3.65. The molecular weight excluding hydrogens is 189 g/mol. The summed E-state index contributed by atoms with van der Waals surface area (Å²) in [5, 5.41) is 0. The Bertz CT molecular complexity index is 341.